The summed E-state index contributed by atoms with van der Waals surface area (Å²) in [6.45, 7) is 0. The molecule has 0 aromatic carbocycles. The van der Waals surface area contributed by atoms with Crippen molar-refractivity contribution >= 4 is 56.6 Å². The number of rotatable bonds is 2. The SMILES string of the molecule is COC(=O)c1sc2c(Cl)nc(C#N)c(Cl)c2c1C(=O)OC. The van der Waals surface area contributed by atoms with Crippen LogP contribution in [-0.4, -0.2) is 31.1 Å². The Morgan fingerprint density at radius 3 is 2.38 bits per heavy atom. The van der Waals surface area contributed by atoms with Crippen molar-refractivity contribution < 1.29 is 19.1 Å². The standard InChI is InChI=1S/C12H6Cl2N2O4S/c1-19-11(17)6-5-7(13)4(3-15)16-10(14)8(5)21-9(6)12(18)20-2/h1-2H3. The van der Waals surface area contributed by atoms with Crippen LogP contribution in [0.4, 0.5) is 0 Å². The zero-order valence-electron chi connectivity index (χ0n) is 10.7. The van der Waals surface area contributed by atoms with Crippen LogP contribution in [0.15, 0.2) is 0 Å². The molecule has 0 amide bonds. The lowest BCUT2D eigenvalue weighted by atomic mass is 10.1. The van der Waals surface area contributed by atoms with Crippen LogP contribution in [0.5, 0.6) is 0 Å². The van der Waals surface area contributed by atoms with Gasteiger partial charge in [-0.15, -0.1) is 11.3 Å². The average molecular weight is 345 g/mol. The summed E-state index contributed by atoms with van der Waals surface area (Å²) in [4.78, 5) is 27.6. The Labute approximate surface area is 132 Å². The number of pyridine rings is 1. The summed E-state index contributed by atoms with van der Waals surface area (Å²) in [5.41, 5.74) is -0.233. The second-order valence-electron chi connectivity index (χ2n) is 3.67. The second-order valence-corrected chi connectivity index (χ2v) is 5.43. The number of nitriles is 1. The first-order valence-electron chi connectivity index (χ1n) is 5.34. The van der Waals surface area contributed by atoms with Crippen molar-refractivity contribution in [2.75, 3.05) is 14.2 Å². The molecule has 0 atom stereocenters. The summed E-state index contributed by atoms with van der Waals surface area (Å²) < 4.78 is 9.60. The van der Waals surface area contributed by atoms with Gasteiger partial charge in [-0.2, -0.15) is 5.26 Å². The molecular weight excluding hydrogens is 339 g/mol. The van der Waals surface area contributed by atoms with E-state index in [-0.39, 0.29) is 31.7 Å². The first kappa shape index (κ1) is 15.5. The van der Waals surface area contributed by atoms with Gasteiger partial charge >= 0.3 is 11.9 Å². The molecule has 0 fully saturated rings. The third-order valence-electron chi connectivity index (χ3n) is 2.60. The Bertz CT molecular complexity index is 810. The molecule has 0 unspecified atom stereocenters. The van der Waals surface area contributed by atoms with Crippen LogP contribution in [0.25, 0.3) is 10.1 Å². The van der Waals surface area contributed by atoms with Crippen molar-refractivity contribution in [3.8, 4) is 6.07 Å². The number of nitrogens with zero attached hydrogens (tertiary/aromatic N) is 2. The molecule has 0 saturated heterocycles. The van der Waals surface area contributed by atoms with Crippen molar-refractivity contribution in [3.63, 3.8) is 0 Å². The Kier molecular flexibility index (Phi) is 4.32. The molecule has 0 aliphatic rings. The molecule has 6 nitrogen and oxygen atoms in total. The lowest BCUT2D eigenvalue weighted by Gasteiger charge is -2.03. The molecule has 108 valence electrons. The van der Waals surface area contributed by atoms with Gasteiger partial charge in [-0.1, -0.05) is 23.2 Å². The van der Waals surface area contributed by atoms with Gasteiger partial charge in [0.05, 0.1) is 29.5 Å². The van der Waals surface area contributed by atoms with E-state index in [1.165, 1.54) is 7.11 Å². The highest BCUT2D eigenvalue weighted by Gasteiger charge is 2.29. The van der Waals surface area contributed by atoms with E-state index in [0.29, 0.717) is 4.70 Å². The number of ether oxygens (including phenoxy) is 2. The topological polar surface area (TPSA) is 89.3 Å². The smallest absolute Gasteiger partial charge is 0.348 e. The van der Waals surface area contributed by atoms with Gasteiger partial charge in [-0.25, -0.2) is 14.6 Å². The van der Waals surface area contributed by atoms with E-state index in [1.54, 1.807) is 6.07 Å². The number of methoxy groups -OCH3 is 2. The summed E-state index contributed by atoms with van der Waals surface area (Å²) in [6, 6.07) is 1.77. The molecular formula is C12H6Cl2N2O4S. The predicted molar refractivity (Wildman–Crippen MR) is 77.0 cm³/mol. The number of fused-ring (bicyclic) bond motifs is 1. The Hall–Kier alpha value is -1.88. The molecule has 9 heteroatoms. The van der Waals surface area contributed by atoms with Crippen LogP contribution in [0, 0.1) is 11.3 Å². The molecule has 0 N–H and O–H groups in total. The van der Waals surface area contributed by atoms with E-state index in [2.05, 4.69) is 14.5 Å². The van der Waals surface area contributed by atoms with Gasteiger partial charge in [0.15, 0.2) is 5.69 Å². The predicted octanol–water partition coefficient (Wildman–Crippen LogP) is 3.05. The van der Waals surface area contributed by atoms with E-state index >= 15 is 0 Å². The number of esters is 2. The zero-order chi connectivity index (χ0) is 15.7. The van der Waals surface area contributed by atoms with Crippen LogP contribution in [0.1, 0.15) is 25.7 Å². The van der Waals surface area contributed by atoms with Crippen molar-refractivity contribution in [2.45, 2.75) is 0 Å². The number of carbonyl (C=O) groups is 2. The third kappa shape index (κ3) is 2.42. The van der Waals surface area contributed by atoms with E-state index < -0.39 is 11.9 Å². The minimum absolute atomic E-state index is 0.0139. The van der Waals surface area contributed by atoms with Crippen molar-refractivity contribution in [2.24, 2.45) is 0 Å². The van der Waals surface area contributed by atoms with Gasteiger partial charge in [-0.05, 0) is 0 Å². The fourth-order valence-corrected chi connectivity index (χ4v) is 3.43. The summed E-state index contributed by atoms with van der Waals surface area (Å²) in [6.07, 6.45) is 0. The second kappa shape index (κ2) is 5.85. The minimum atomic E-state index is -0.783. The maximum Gasteiger partial charge on any atom is 0.348 e. The molecule has 2 heterocycles. The van der Waals surface area contributed by atoms with Crippen LogP contribution in [-0.2, 0) is 9.47 Å². The van der Waals surface area contributed by atoms with Gasteiger partial charge in [-0.3, -0.25) is 0 Å². The highest BCUT2D eigenvalue weighted by Crippen LogP contribution is 2.41. The summed E-state index contributed by atoms with van der Waals surface area (Å²) in [5, 5.41) is 9.05. The van der Waals surface area contributed by atoms with Crippen LogP contribution < -0.4 is 0 Å². The molecule has 0 spiro atoms. The maximum atomic E-state index is 12.0. The Balaban J connectivity index is 2.99. The third-order valence-corrected chi connectivity index (χ3v) is 4.53. The summed E-state index contributed by atoms with van der Waals surface area (Å²) in [5.74, 6) is -1.52. The number of thiophene rings is 1. The first-order valence-corrected chi connectivity index (χ1v) is 6.91. The van der Waals surface area contributed by atoms with Crippen molar-refractivity contribution in [1.82, 2.24) is 4.98 Å². The number of aromatic nitrogens is 1. The molecule has 0 bridgehead atoms. The van der Waals surface area contributed by atoms with Crippen molar-refractivity contribution in [3.05, 3.63) is 26.3 Å². The molecule has 0 radical (unpaired) electrons. The van der Waals surface area contributed by atoms with Crippen LogP contribution in [0.3, 0.4) is 0 Å². The number of carbonyl (C=O) groups excluding carboxylic acids is 2. The lowest BCUT2D eigenvalue weighted by Crippen LogP contribution is -2.09. The molecule has 0 aliphatic carbocycles. The fourth-order valence-electron chi connectivity index (χ4n) is 1.71. The minimum Gasteiger partial charge on any atom is -0.465 e. The van der Waals surface area contributed by atoms with Gasteiger partial charge < -0.3 is 9.47 Å². The van der Waals surface area contributed by atoms with E-state index in [0.717, 1.165) is 18.4 Å². The van der Waals surface area contributed by atoms with Gasteiger partial charge in [0.25, 0.3) is 0 Å². The molecule has 2 rings (SSSR count). The molecule has 2 aromatic heterocycles. The molecule has 21 heavy (non-hydrogen) atoms. The Morgan fingerprint density at radius 1 is 1.24 bits per heavy atom. The van der Waals surface area contributed by atoms with Gasteiger partial charge in [0.2, 0.25) is 0 Å². The maximum absolute atomic E-state index is 12.0. The first-order chi connectivity index (χ1) is 9.96. The fraction of sp³-hybridized carbons (Fsp3) is 0.167. The zero-order valence-corrected chi connectivity index (χ0v) is 13.0. The van der Waals surface area contributed by atoms with E-state index in [1.807, 2.05) is 0 Å². The van der Waals surface area contributed by atoms with Gasteiger partial charge in [0.1, 0.15) is 16.1 Å². The lowest BCUT2D eigenvalue weighted by molar-refractivity contribution is 0.0561. The summed E-state index contributed by atoms with van der Waals surface area (Å²) in [7, 11) is 2.34. The van der Waals surface area contributed by atoms with E-state index in [9.17, 15) is 9.59 Å². The summed E-state index contributed by atoms with van der Waals surface area (Å²) >= 11 is 13.0. The molecule has 2 aromatic rings. The highest BCUT2D eigenvalue weighted by atomic mass is 35.5. The normalized spacial score (nSPS) is 10.2. The highest BCUT2D eigenvalue weighted by molar-refractivity contribution is 7.22. The van der Waals surface area contributed by atoms with Crippen LogP contribution >= 0.6 is 34.5 Å². The quantitative estimate of drug-likeness (QED) is 0.614. The largest absolute Gasteiger partial charge is 0.465 e. The number of halogens is 2. The Morgan fingerprint density at radius 2 is 1.86 bits per heavy atom. The monoisotopic (exact) mass is 344 g/mol. The number of hydrogen-bond donors (Lipinski definition) is 0. The molecule has 0 aliphatic heterocycles. The molecule has 0 saturated carbocycles. The van der Waals surface area contributed by atoms with Gasteiger partial charge in [0, 0.05) is 5.39 Å². The van der Waals surface area contributed by atoms with Crippen LogP contribution in [0.2, 0.25) is 10.2 Å². The van der Waals surface area contributed by atoms with E-state index in [4.69, 9.17) is 28.5 Å². The van der Waals surface area contributed by atoms with Crippen molar-refractivity contribution in [1.29, 1.82) is 5.26 Å². The number of hydrogen-bond acceptors (Lipinski definition) is 7. The average Bonchev–Trinajstić information content (AvgIpc) is 2.90.